The minimum absolute atomic E-state index is 0.00234. The molecule has 6 nitrogen and oxygen atoms in total. The van der Waals surface area contributed by atoms with Gasteiger partial charge >= 0.3 is 0 Å². The van der Waals surface area contributed by atoms with Gasteiger partial charge < -0.3 is 15.0 Å². The van der Waals surface area contributed by atoms with Gasteiger partial charge in [-0.3, -0.25) is 14.5 Å². The second kappa shape index (κ2) is 7.84. The van der Waals surface area contributed by atoms with Crippen LogP contribution in [0, 0.1) is 17.8 Å². The van der Waals surface area contributed by atoms with Gasteiger partial charge in [0, 0.05) is 42.9 Å². The highest BCUT2D eigenvalue weighted by molar-refractivity contribution is 5.80. The lowest BCUT2D eigenvalue weighted by molar-refractivity contribution is -0.127. The Balaban J connectivity index is 1.74. The van der Waals surface area contributed by atoms with Gasteiger partial charge in [0.2, 0.25) is 5.91 Å². The van der Waals surface area contributed by atoms with Gasteiger partial charge in [-0.25, -0.2) is 0 Å². The van der Waals surface area contributed by atoms with Gasteiger partial charge in [0.25, 0.3) is 5.56 Å². The molecule has 2 aliphatic heterocycles. The second-order valence-electron chi connectivity index (χ2n) is 8.44. The fourth-order valence-corrected chi connectivity index (χ4v) is 5.10. The van der Waals surface area contributed by atoms with E-state index in [1.54, 1.807) is 0 Å². The van der Waals surface area contributed by atoms with Gasteiger partial charge in [-0.15, -0.1) is 0 Å². The number of nitrogens with one attached hydrogen (secondary N) is 1. The van der Waals surface area contributed by atoms with Crippen molar-refractivity contribution in [3.8, 4) is 0 Å². The molecular weight excluding hydrogens is 354 g/mol. The van der Waals surface area contributed by atoms with Crippen LogP contribution in [-0.4, -0.2) is 46.2 Å². The molecule has 1 saturated heterocycles. The number of aliphatic hydroxyl groups excluding tert-OH is 1. The van der Waals surface area contributed by atoms with Crippen LogP contribution in [0.5, 0.6) is 0 Å². The van der Waals surface area contributed by atoms with Crippen molar-refractivity contribution in [1.82, 2.24) is 14.8 Å². The quantitative estimate of drug-likeness (QED) is 0.750. The molecule has 2 bridgehead atoms. The maximum absolute atomic E-state index is 13.2. The zero-order valence-corrected chi connectivity index (χ0v) is 16.8. The number of amides is 1. The first-order chi connectivity index (χ1) is 13.6. The van der Waals surface area contributed by atoms with Gasteiger partial charge in [-0.1, -0.05) is 19.1 Å². The molecule has 0 unspecified atom stereocenters. The highest BCUT2D eigenvalue weighted by Crippen LogP contribution is 2.48. The zero-order valence-electron chi connectivity index (χ0n) is 16.8. The predicted octanol–water partition coefficient (Wildman–Crippen LogP) is 1.78. The number of hydrogen-bond donors (Lipinski definition) is 2. The Bertz CT molecular complexity index is 827. The van der Waals surface area contributed by atoms with Crippen LogP contribution in [0.1, 0.15) is 50.4 Å². The number of pyridine rings is 1. The van der Waals surface area contributed by atoms with Crippen molar-refractivity contribution >= 4 is 12.0 Å². The molecule has 3 heterocycles. The third-order valence-electron chi connectivity index (χ3n) is 6.59. The number of rotatable bonds is 7. The Kier molecular flexibility index (Phi) is 5.43. The summed E-state index contributed by atoms with van der Waals surface area (Å²) < 4.78 is 1.84. The number of aliphatic hydroxyl groups is 1. The first kappa shape index (κ1) is 19.4. The van der Waals surface area contributed by atoms with E-state index in [4.69, 9.17) is 0 Å². The SMILES string of the molecule is C/C=C\c1ccc2n(c1=O)C[C@@H]1[C@@H](CO)[C@H](C(=O)NCC3CC3)[C@H]2N1CCC. The van der Waals surface area contributed by atoms with E-state index in [2.05, 4.69) is 17.1 Å². The van der Waals surface area contributed by atoms with Crippen molar-refractivity contribution in [2.45, 2.75) is 51.7 Å². The summed E-state index contributed by atoms with van der Waals surface area (Å²) in [6, 6.07) is 3.73. The number of aromatic nitrogens is 1. The molecule has 2 N–H and O–H groups in total. The average Bonchev–Trinajstić information content (AvgIpc) is 3.48. The van der Waals surface area contributed by atoms with E-state index in [0.29, 0.717) is 18.0 Å². The van der Waals surface area contributed by atoms with E-state index < -0.39 is 0 Å². The molecule has 28 heavy (non-hydrogen) atoms. The van der Waals surface area contributed by atoms with Crippen LogP contribution in [-0.2, 0) is 11.3 Å². The van der Waals surface area contributed by atoms with Crippen molar-refractivity contribution < 1.29 is 9.90 Å². The van der Waals surface area contributed by atoms with Crippen molar-refractivity contribution in [3.05, 3.63) is 39.8 Å². The standard InChI is InChI=1S/C22H31N3O3/c1-3-5-15-8-9-17-20-19(21(27)23-11-14-6-7-14)16(13-26)18(24(20)10-4-2)12-25(17)22(15)28/h3,5,8-9,14,16,18-20,26H,4,6-7,10-13H2,1-2H3,(H,23,27)/b5-3-/t16-,18-,19+,20+/m1/s1. The molecule has 0 aromatic carbocycles. The van der Waals surface area contributed by atoms with Crippen molar-refractivity contribution in [3.63, 3.8) is 0 Å². The average molecular weight is 386 g/mol. The molecule has 1 aromatic rings. The molecule has 3 aliphatic rings. The summed E-state index contributed by atoms with van der Waals surface area (Å²) in [5.41, 5.74) is 1.58. The van der Waals surface area contributed by atoms with Crippen molar-refractivity contribution in [2.75, 3.05) is 19.7 Å². The first-order valence-corrected chi connectivity index (χ1v) is 10.6. The van der Waals surface area contributed by atoms with Crippen LogP contribution in [0.4, 0.5) is 0 Å². The Hall–Kier alpha value is -1.92. The summed E-state index contributed by atoms with van der Waals surface area (Å²) in [5, 5.41) is 13.3. The molecule has 4 rings (SSSR count). The number of carbonyl (C=O) groups excluding carboxylic acids is 1. The van der Waals surface area contributed by atoms with E-state index in [9.17, 15) is 14.7 Å². The summed E-state index contributed by atoms with van der Waals surface area (Å²) in [6.07, 6.45) is 7.06. The minimum Gasteiger partial charge on any atom is -0.396 e. The Morgan fingerprint density at radius 1 is 1.36 bits per heavy atom. The van der Waals surface area contributed by atoms with Crippen LogP contribution in [0.15, 0.2) is 23.0 Å². The third kappa shape index (κ3) is 3.22. The van der Waals surface area contributed by atoms with Gasteiger partial charge in [0.05, 0.1) is 12.0 Å². The zero-order chi connectivity index (χ0) is 19.8. The Labute approximate surface area is 166 Å². The molecule has 1 saturated carbocycles. The minimum atomic E-state index is -0.319. The topological polar surface area (TPSA) is 74.6 Å². The van der Waals surface area contributed by atoms with Gasteiger partial charge in [0.15, 0.2) is 0 Å². The summed E-state index contributed by atoms with van der Waals surface area (Å²) in [5.74, 6) is 0.168. The van der Waals surface area contributed by atoms with Crippen LogP contribution in [0.2, 0.25) is 0 Å². The largest absolute Gasteiger partial charge is 0.396 e. The molecule has 1 aliphatic carbocycles. The summed E-state index contributed by atoms with van der Waals surface area (Å²) in [7, 11) is 0. The molecular formula is C22H31N3O3. The van der Waals surface area contributed by atoms with E-state index in [1.807, 2.05) is 35.8 Å². The monoisotopic (exact) mass is 385 g/mol. The summed E-state index contributed by atoms with van der Waals surface area (Å²) >= 11 is 0. The van der Waals surface area contributed by atoms with Crippen LogP contribution < -0.4 is 10.9 Å². The third-order valence-corrected chi connectivity index (χ3v) is 6.59. The van der Waals surface area contributed by atoms with E-state index in [1.165, 1.54) is 12.8 Å². The van der Waals surface area contributed by atoms with Crippen LogP contribution in [0.25, 0.3) is 6.08 Å². The maximum atomic E-state index is 13.2. The van der Waals surface area contributed by atoms with Crippen molar-refractivity contribution in [2.24, 2.45) is 17.8 Å². The number of carbonyl (C=O) groups is 1. The summed E-state index contributed by atoms with van der Waals surface area (Å²) in [4.78, 5) is 28.5. The number of allylic oxidation sites excluding steroid dienone is 1. The lowest BCUT2D eigenvalue weighted by Gasteiger charge is -2.38. The molecule has 0 spiro atoms. The fraction of sp³-hybridized carbons (Fsp3) is 0.636. The number of fused-ring (bicyclic) bond motifs is 4. The smallest absolute Gasteiger partial charge is 0.258 e. The highest BCUT2D eigenvalue weighted by atomic mass is 16.3. The van der Waals surface area contributed by atoms with Crippen molar-refractivity contribution in [1.29, 1.82) is 0 Å². The second-order valence-corrected chi connectivity index (χ2v) is 8.44. The lowest BCUT2D eigenvalue weighted by Crippen LogP contribution is -2.47. The Morgan fingerprint density at radius 2 is 2.14 bits per heavy atom. The number of nitrogens with zero attached hydrogens (tertiary/aromatic N) is 2. The van der Waals surface area contributed by atoms with E-state index in [0.717, 1.165) is 25.2 Å². The van der Waals surface area contributed by atoms with Crippen LogP contribution in [0.3, 0.4) is 0 Å². The molecule has 152 valence electrons. The molecule has 0 radical (unpaired) electrons. The van der Waals surface area contributed by atoms with Crippen LogP contribution >= 0.6 is 0 Å². The van der Waals surface area contributed by atoms with Gasteiger partial charge in [-0.05, 0) is 50.8 Å². The lowest BCUT2D eigenvalue weighted by atomic mass is 9.86. The molecule has 6 heteroatoms. The molecule has 1 amide bonds. The fourth-order valence-electron chi connectivity index (χ4n) is 5.10. The highest BCUT2D eigenvalue weighted by Gasteiger charge is 2.55. The summed E-state index contributed by atoms with van der Waals surface area (Å²) in [6.45, 7) is 6.13. The first-order valence-electron chi connectivity index (χ1n) is 10.6. The van der Waals surface area contributed by atoms with E-state index in [-0.39, 0.29) is 42.0 Å². The molecule has 1 aromatic heterocycles. The predicted molar refractivity (Wildman–Crippen MR) is 109 cm³/mol. The van der Waals surface area contributed by atoms with Gasteiger partial charge in [-0.2, -0.15) is 0 Å². The normalized spacial score (nSPS) is 29.2. The Morgan fingerprint density at radius 3 is 2.79 bits per heavy atom. The molecule has 2 fully saturated rings. The van der Waals surface area contributed by atoms with Gasteiger partial charge in [0.1, 0.15) is 0 Å². The molecule has 4 atom stereocenters. The van der Waals surface area contributed by atoms with E-state index >= 15 is 0 Å². The number of hydrogen-bond acceptors (Lipinski definition) is 4. The maximum Gasteiger partial charge on any atom is 0.258 e.